The van der Waals surface area contributed by atoms with Gasteiger partial charge in [-0.25, -0.2) is 4.98 Å². The van der Waals surface area contributed by atoms with Crippen LogP contribution < -0.4 is 10.6 Å². The number of halogens is 2. The van der Waals surface area contributed by atoms with E-state index in [2.05, 4.69) is 20.6 Å². The first kappa shape index (κ1) is 15.8. The predicted molar refractivity (Wildman–Crippen MR) is 90.7 cm³/mol. The Hall–Kier alpha value is -2.05. The SMILES string of the molecule is O=C(NCCC1CNC=N1)c1ccc2c(Cl)cc(Cl)c(O)c2n1. The average molecular weight is 353 g/mol. The Morgan fingerprint density at radius 2 is 2.22 bits per heavy atom. The summed E-state index contributed by atoms with van der Waals surface area (Å²) in [5.41, 5.74) is 0.402. The molecule has 3 N–H and O–H groups in total. The minimum atomic E-state index is -0.322. The molecule has 1 atom stereocenters. The Morgan fingerprint density at radius 3 is 2.96 bits per heavy atom. The van der Waals surface area contributed by atoms with Crippen molar-refractivity contribution in [1.29, 1.82) is 0 Å². The van der Waals surface area contributed by atoms with Crippen molar-refractivity contribution >= 4 is 46.4 Å². The minimum absolute atomic E-state index is 0.0964. The number of rotatable bonds is 4. The molecular weight excluding hydrogens is 339 g/mol. The fraction of sp³-hybridized carbons (Fsp3) is 0.267. The fourth-order valence-electron chi connectivity index (χ4n) is 2.35. The fourth-order valence-corrected chi connectivity index (χ4v) is 2.86. The van der Waals surface area contributed by atoms with Gasteiger partial charge in [-0.3, -0.25) is 9.79 Å². The molecule has 6 nitrogen and oxygen atoms in total. The summed E-state index contributed by atoms with van der Waals surface area (Å²) in [6.45, 7) is 1.28. The van der Waals surface area contributed by atoms with E-state index in [-0.39, 0.29) is 33.9 Å². The van der Waals surface area contributed by atoms with E-state index in [9.17, 15) is 9.90 Å². The number of benzene rings is 1. The van der Waals surface area contributed by atoms with Crippen LogP contribution in [0.1, 0.15) is 16.9 Å². The van der Waals surface area contributed by atoms with Gasteiger partial charge in [0.15, 0.2) is 5.75 Å². The normalized spacial score (nSPS) is 16.5. The van der Waals surface area contributed by atoms with Crippen molar-refractivity contribution in [3.63, 3.8) is 0 Å². The lowest BCUT2D eigenvalue weighted by molar-refractivity contribution is 0.0948. The van der Waals surface area contributed by atoms with Crippen molar-refractivity contribution in [1.82, 2.24) is 15.6 Å². The third-order valence-electron chi connectivity index (χ3n) is 3.58. The zero-order valence-electron chi connectivity index (χ0n) is 12.0. The van der Waals surface area contributed by atoms with E-state index in [1.807, 2.05) is 0 Å². The van der Waals surface area contributed by atoms with Crippen LogP contribution >= 0.6 is 23.2 Å². The van der Waals surface area contributed by atoms with E-state index in [1.165, 1.54) is 6.07 Å². The number of aromatic nitrogens is 1. The molecule has 23 heavy (non-hydrogen) atoms. The maximum atomic E-state index is 12.2. The molecule has 0 radical (unpaired) electrons. The highest BCUT2D eigenvalue weighted by atomic mass is 35.5. The van der Waals surface area contributed by atoms with Gasteiger partial charge in [0.1, 0.15) is 11.2 Å². The lowest BCUT2D eigenvalue weighted by Gasteiger charge is -2.09. The molecule has 0 bridgehead atoms. The van der Waals surface area contributed by atoms with Crippen molar-refractivity contribution in [3.8, 4) is 5.75 Å². The van der Waals surface area contributed by atoms with E-state index in [0.29, 0.717) is 17.0 Å². The molecule has 1 aliphatic heterocycles. The number of carbonyl (C=O) groups is 1. The van der Waals surface area contributed by atoms with Crippen molar-refractivity contribution in [3.05, 3.63) is 33.9 Å². The number of aliphatic imine (C=N–C) groups is 1. The number of amides is 1. The van der Waals surface area contributed by atoms with E-state index < -0.39 is 0 Å². The topological polar surface area (TPSA) is 86.6 Å². The maximum Gasteiger partial charge on any atom is 0.269 e. The smallest absolute Gasteiger partial charge is 0.269 e. The molecule has 3 rings (SSSR count). The van der Waals surface area contributed by atoms with Crippen molar-refractivity contribution in [2.24, 2.45) is 4.99 Å². The molecule has 0 aliphatic carbocycles. The number of phenolic OH excluding ortho intramolecular Hbond substituents is 1. The summed E-state index contributed by atoms with van der Waals surface area (Å²) in [6, 6.07) is 4.83. The van der Waals surface area contributed by atoms with Crippen LogP contribution in [-0.4, -0.2) is 41.5 Å². The van der Waals surface area contributed by atoms with Crippen LogP contribution in [-0.2, 0) is 0 Å². The zero-order valence-corrected chi connectivity index (χ0v) is 13.5. The number of pyridine rings is 1. The maximum absolute atomic E-state index is 12.2. The molecule has 2 heterocycles. The third kappa shape index (κ3) is 3.33. The van der Waals surface area contributed by atoms with E-state index in [1.54, 1.807) is 18.5 Å². The van der Waals surface area contributed by atoms with Gasteiger partial charge < -0.3 is 15.7 Å². The van der Waals surface area contributed by atoms with E-state index in [4.69, 9.17) is 23.2 Å². The number of phenols is 1. The molecule has 0 saturated carbocycles. The van der Waals surface area contributed by atoms with Gasteiger partial charge >= 0.3 is 0 Å². The van der Waals surface area contributed by atoms with Gasteiger partial charge in [-0.1, -0.05) is 23.2 Å². The first-order valence-corrected chi connectivity index (χ1v) is 7.83. The van der Waals surface area contributed by atoms with Crippen LogP contribution in [0, 0.1) is 0 Å². The molecule has 0 fully saturated rings. The number of nitrogens with zero attached hydrogens (tertiary/aromatic N) is 2. The first-order chi connectivity index (χ1) is 11.1. The van der Waals surface area contributed by atoms with Crippen LogP contribution in [0.25, 0.3) is 10.9 Å². The number of fused-ring (bicyclic) bond motifs is 1. The zero-order chi connectivity index (χ0) is 16.4. The van der Waals surface area contributed by atoms with Gasteiger partial charge in [0.25, 0.3) is 5.91 Å². The second-order valence-corrected chi connectivity index (χ2v) is 5.98. The summed E-state index contributed by atoms with van der Waals surface area (Å²) < 4.78 is 0. The van der Waals surface area contributed by atoms with Gasteiger partial charge in [-0.2, -0.15) is 0 Å². The predicted octanol–water partition coefficient (Wildman–Crippen LogP) is 2.37. The Bertz CT molecular complexity index is 795. The van der Waals surface area contributed by atoms with Gasteiger partial charge in [-0.15, -0.1) is 0 Å². The van der Waals surface area contributed by atoms with Crippen molar-refractivity contribution < 1.29 is 9.90 Å². The van der Waals surface area contributed by atoms with Crippen LogP contribution in [0.4, 0.5) is 0 Å². The van der Waals surface area contributed by atoms with Crippen LogP contribution in [0.3, 0.4) is 0 Å². The number of hydrogen-bond donors (Lipinski definition) is 3. The second kappa shape index (κ2) is 6.60. The standard InChI is InChI=1S/C15H14Cl2N4O2/c16-10-5-11(17)14(22)13-9(10)1-2-12(21-13)15(23)19-4-3-8-6-18-7-20-8/h1-2,5,7-8,22H,3-4,6H2,(H,18,20)(H,19,23). The summed E-state index contributed by atoms with van der Waals surface area (Å²) in [5.74, 6) is -0.510. The molecule has 8 heteroatoms. The lowest BCUT2D eigenvalue weighted by Crippen LogP contribution is -2.28. The Balaban J connectivity index is 1.75. The van der Waals surface area contributed by atoms with Gasteiger partial charge in [0.05, 0.1) is 22.4 Å². The van der Waals surface area contributed by atoms with Crippen LogP contribution in [0.2, 0.25) is 10.0 Å². The van der Waals surface area contributed by atoms with Crippen molar-refractivity contribution in [2.75, 3.05) is 13.1 Å². The first-order valence-electron chi connectivity index (χ1n) is 7.07. The molecule has 1 aliphatic rings. The molecule has 0 spiro atoms. The molecule has 1 aromatic carbocycles. The highest BCUT2D eigenvalue weighted by Crippen LogP contribution is 2.36. The summed E-state index contributed by atoms with van der Waals surface area (Å²) in [6.07, 6.45) is 2.42. The Labute approximate surface area is 142 Å². The summed E-state index contributed by atoms with van der Waals surface area (Å²) in [5, 5.41) is 16.8. The third-order valence-corrected chi connectivity index (χ3v) is 4.18. The van der Waals surface area contributed by atoms with E-state index in [0.717, 1.165) is 13.0 Å². The molecule has 120 valence electrons. The van der Waals surface area contributed by atoms with Gasteiger partial charge in [0, 0.05) is 18.5 Å². The number of nitrogens with one attached hydrogen (secondary N) is 2. The number of carbonyl (C=O) groups excluding carboxylic acids is 1. The highest BCUT2D eigenvalue weighted by Gasteiger charge is 2.15. The van der Waals surface area contributed by atoms with Crippen LogP contribution in [0.5, 0.6) is 5.75 Å². The minimum Gasteiger partial charge on any atom is -0.504 e. The quantitative estimate of drug-likeness (QED) is 0.788. The molecule has 0 saturated heterocycles. The summed E-state index contributed by atoms with van der Waals surface area (Å²) in [7, 11) is 0. The van der Waals surface area contributed by atoms with Gasteiger partial charge in [-0.05, 0) is 24.6 Å². The monoisotopic (exact) mass is 352 g/mol. The highest BCUT2D eigenvalue weighted by molar-refractivity contribution is 6.39. The summed E-state index contributed by atoms with van der Waals surface area (Å²) >= 11 is 12.0. The Kier molecular flexibility index (Phi) is 4.54. The number of hydrogen-bond acceptors (Lipinski definition) is 5. The second-order valence-electron chi connectivity index (χ2n) is 5.17. The lowest BCUT2D eigenvalue weighted by atomic mass is 10.1. The van der Waals surface area contributed by atoms with E-state index >= 15 is 0 Å². The number of aromatic hydroxyl groups is 1. The largest absolute Gasteiger partial charge is 0.504 e. The molecular formula is C15H14Cl2N4O2. The molecule has 1 aromatic heterocycles. The Morgan fingerprint density at radius 1 is 1.39 bits per heavy atom. The molecule has 1 unspecified atom stereocenters. The summed E-state index contributed by atoms with van der Waals surface area (Å²) in [4.78, 5) is 20.6. The van der Waals surface area contributed by atoms with Crippen molar-refractivity contribution in [2.45, 2.75) is 12.5 Å². The van der Waals surface area contributed by atoms with Crippen LogP contribution in [0.15, 0.2) is 23.2 Å². The molecule has 2 aromatic rings. The average Bonchev–Trinajstić information content (AvgIpc) is 3.05. The van der Waals surface area contributed by atoms with Gasteiger partial charge in [0.2, 0.25) is 0 Å². The molecule has 1 amide bonds.